The number of benzene rings is 2. The molecule has 0 unspecified atom stereocenters. The summed E-state index contributed by atoms with van der Waals surface area (Å²) < 4.78 is 41.0. The van der Waals surface area contributed by atoms with Gasteiger partial charge in [-0.3, -0.25) is 9.59 Å². The summed E-state index contributed by atoms with van der Waals surface area (Å²) in [4.78, 5) is 24.9. The van der Waals surface area contributed by atoms with E-state index in [1.807, 2.05) is 6.92 Å². The van der Waals surface area contributed by atoms with Crippen LogP contribution in [0.3, 0.4) is 0 Å². The normalized spacial score (nSPS) is 11.4. The van der Waals surface area contributed by atoms with Crippen molar-refractivity contribution in [3.63, 3.8) is 0 Å². The van der Waals surface area contributed by atoms with E-state index in [-0.39, 0.29) is 22.1 Å². The summed E-state index contributed by atoms with van der Waals surface area (Å²) in [6.45, 7) is 3.25. The Hall–Kier alpha value is -3.13. The number of carbonyl (C=O) groups is 1. The zero-order chi connectivity index (χ0) is 21.3. The van der Waals surface area contributed by atoms with Crippen LogP contribution >= 0.6 is 11.6 Å². The molecule has 150 valence electrons. The fourth-order valence-corrected chi connectivity index (χ4v) is 3.03. The van der Waals surface area contributed by atoms with Gasteiger partial charge in [0.05, 0.1) is 22.0 Å². The number of nitrogens with zero attached hydrogens (tertiary/aromatic N) is 2. The number of rotatable bonds is 3. The molecule has 1 aromatic heterocycles. The quantitative estimate of drug-likeness (QED) is 0.662. The van der Waals surface area contributed by atoms with Crippen LogP contribution in [0.15, 0.2) is 53.3 Å². The molecule has 9 heteroatoms. The van der Waals surface area contributed by atoms with Gasteiger partial charge in [0.25, 0.3) is 5.91 Å². The van der Waals surface area contributed by atoms with Gasteiger partial charge in [-0.1, -0.05) is 29.8 Å². The second-order valence-electron chi connectivity index (χ2n) is 6.36. The van der Waals surface area contributed by atoms with Crippen LogP contribution < -0.4 is 10.7 Å². The molecular formula is C20H15ClF3N3O2. The number of para-hydroxylation sites is 1. The number of hydrogen-bond donors (Lipinski definition) is 1. The largest absolute Gasteiger partial charge is 0.418 e. The summed E-state index contributed by atoms with van der Waals surface area (Å²) in [7, 11) is 0. The van der Waals surface area contributed by atoms with Gasteiger partial charge >= 0.3 is 6.18 Å². The van der Waals surface area contributed by atoms with E-state index in [0.29, 0.717) is 0 Å². The predicted molar refractivity (Wildman–Crippen MR) is 104 cm³/mol. The molecule has 0 bridgehead atoms. The molecule has 0 fully saturated rings. The minimum atomic E-state index is -4.63. The van der Waals surface area contributed by atoms with Crippen LogP contribution in [0.25, 0.3) is 5.69 Å². The zero-order valence-corrected chi connectivity index (χ0v) is 16.1. The molecule has 1 amide bonds. The highest BCUT2D eigenvalue weighted by atomic mass is 35.5. The molecule has 0 saturated carbocycles. The molecular weight excluding hydrogens is 407 g/mol. The van der Waals surface area contributed by atoms with Crippen LogP contribution in [0, 0.1) is 13.8 Å². The lowest BCUT2D eigenvalue weighted by atomic mass is 10.1. The SMILES string of the molecule is Cc1ccc(NC(=O)c2nn(-c3ccccc3C(F)(F)F)c(C)cc2=O)c(Cl)c1. The lowest BCUT2D eigenvalue weighted by Crippen LogP contribution is -2.27. The summed E-state index contributed by atoms with van der Waals surface area (Å²) in [5, 5.41) is 6.63. The summed E-state index contributed by atoms with van der Waals surface area (Å²) in [6.07, 6.45) is -4.63. The smallest absolute Gasteiger partial charge is 0.319 e. The van der Waals surface area contributed by atoms with E-state index in [9.17, 15) is 22.8 Å². The zero-order valence-electron chi connectivity index (χ0n) is 15.3. The summed E-state index contributed by atoms with van der Waals surface area (Å²) in [5.41, 5.74) is -1.23. The lowest BCUT2D eigenvalue weighted by Gasteiger charge is -2.16. The molecule has 0 radical (unpaired) electrons. The predicted octanol–water partition coefficient (Wildman–Crippen LogP) is 4.77. The fourth-order valence-electron chi connectivity index (χ4n) is 2.75. The number of hydrogen-bond acceptors (Lipinski definition) is 3. The second-order valence-corrected chi connectivity index (χ2v) is 6.77. The Kier molecular flexibility index (Phi) is 5.48. The maximum Gasteiger partial charge on any atom is 0.418 e. The van der Waals surface area contributed by atoms with E-state index in [1.54, 1.807) is 18.2 Å². The van der Waals surface area contributed by atoms with Crippen molar-refractivity contribution in [3.8, 4) is 5.69 Å². The van der Waals surface area contributed by atoms with Crippen molar-refractivity contribution in [2.75, 3.05) is 5.32 Å². The van der Waals surface area contributed by atoms with Crippen molar-refractivity contribution < 1.29 is 18.0 Å². The van der Waals surface area contributed by atoms with Crippen LogP contribution in [0.5, 0.6) is 0 Å². The van der Waals surface area contributed by atoms with Crippen LogP contribution in [0.2, 0.25) is 5.02 Å². The van der Waals surface area contributed by atoms with E-state index in [0.717, 1.165) is 22.4 Å². The third-order valence-corrected chi connectivity index (χ3v) is 4.45. The molecule has 2 aromatic carbocycles. The standard InChI is InChI=1S/C20H15ClF3N3O2/c1-11-7-8-15(14(21)9-11)25-19(29)18-17(28)10-12(2)27(26-18)16-6-4-3-5-13(16)20(22,23)24/h3-10H,1-2H3,(H,25,29). The summed E-state index contributed by atoms with van der Waals surface area (Å²) >= 11 is 6.08. The Balaban J connectivity index is 2.08. The first-order valence-electron chi connectivity index (χ1n) is 8.43. The Bertz CT molecular complexity index is 1160. The maximum absolute atomic E-state index is 13.4. The summed E-state index contributed by atoms with van der Waals surface area (Å²) in [6, 6.07) is 10.7. The molecule has 3 rings (SSSR count). The average Bonchev–Trinajstić information content (AvgIpc) is 2.63. The number of nitrogens with one attached hydrogen (secondary N) is 1. The summed E-state index contributed by atoms with van der Waals surface area (Å²) in [5.74, 6) is -0.876. The molecule has 5 nitrogen and oxygen atoms in total. The highest BCUT2D eigenvalue weighted by Gasteiger charge is 2.34. The van der Waals surface area contributed by atoms with Crippen LogP contribution in [-0.2, 0) is 6.18 Å². The first kappa shape index (κ1) is 20.6. The molecule has 1 heterocycles. The highest BCUT2D eigenvalue weighted by Crippen LogP contribution is 2.33. The van der Waals surface area contributed by atoms with Crippen molar-refractivity contribution in [1.29, 1.82) is 0 Å². The lowest BCUT2D eigenvalue weighted by molar-refractivity contribution is -0.137. The van der Waals surface area contributed by atoms with E-state index in [4.69, 9.17) is 11.6 Å². The van der Waals surface area contributed by atoms with Gasteiger partial charge in [0.1, 0.15) is 0 Å². The van der Waals surface area contributed by atoms with Crippen molar-refractivity contribution in [1.82, 2.24) is 9.78 Å². The van der Waals surface area contributed by atoms with Gasteiger partial charge in [0.15, 0.2) is 5.69 Å². The number of amides is 1. The number of alkyl halides is 3. The van der Waals surface area contributed by atoms with Gasteiger partial charge in [-0.05, 0) is 43.7 Å². The topological polar surface area (TPSA) is 64.0 Å². The minimum absolute atomic E-state index is 0.150. The Labute approximate surface area is 168 Å². The average molecular weight is 422 g/mol. The fraction of sp³-hybridized carbons (Fsp3) is 0.150. The van der Waals surface area contributed by atoms with Gasteiger partial charge in [-0.2, -0.15) is 18.3 Å². The van der Waals surface area contributed by atoms with E-state index < -0.39 is 28.8 Å². The number of halogens is 4. The Morgan fingerprint density at radius 2 is 1.79 bits per heavy atom. The number of anilines is 1. The van der Waals surface area contributed by atoms with E-state index >= 15 is 0 Å². The van der Waals surface area contributed by atoms with Crippen molar-refractivity contribution >= 4 is 23.2 Å². The maximum atomic E-state index is 13.4. The van der Waals surface area contributed by atoms with Gasteiger partial charge < -0.3 is 5.32 Å². The second kappa shape index (κ2) is 7.71. The van der Waals surface area contributed by atoms with Crippen LogP contribution in [-0.4, -0.2) is 15.7 Å². The van der Waals surface area contributed by atoms with Crippen LogP contribution in [0.1, 0.15) is 27.3 Å². The first-order chi connectivity index (χ1) is 13.6. The molecule has 29 heavy (non-hydrogen) atoms. The molecule has 0 aliphatic rings. The minimum Gasteiger partial charge on any atom is -0.319 e. The van der Waals surface area contributed by atoms with Gasteiger partial charge in [0, 0.05) is 11.8 Å². The number of carbonyl (C=O) groups excluding carboxylic acids is 1. The molecule has 0 aliphatic heterocycles. The molecule has 3 aromatic rings. The van der Waals surface area contributed by atoms with E-state index in [2.05, 4.69) is 10.4 Å². The van der Waals surface area contributed by atoms with Gasteiger partial charge in [-0.15, -0.1) is 0 Å². The molecule has 0 aliphatic carbocycles. The molecule has 0 saturated heterocycles. The first-order valence-corrected chi connectivity index (χ1v) is 8.81. The van der Waals surface area contributed by atoms with E-state index in [1.165, 1.54) is 25.1 Å². The third kappa shape index (κ3) is 4.32. The monoisotopic (exact) mass is 421 g/mol. The number of aromatic nitrogens is 2. The highest BCUT2D eigenvalue weighted by molar-refractivity contribution is 6.34. The molecule has 0 atom stereocenters. The molecule has 0 spiro atoms. The Morgan fingerprint density at radius 3 is 2.45 bits per heavy atom. The molecule has 1 N–H and O–H groups in total. The van der Waals surface area contributed by atoms with Crippen molar-refractivity contribution in [2.45, 2.75) is 20.0 Å². The third-order valence-electron chi connectivity index (χ3n) is 4.13. The van der Waals surface area contributed by atoms with Crippen molar-refractivity contribution in [3.05, 3.63) is 86.3 Å². The number of aryl methyl sites for hydroxylation is 2. The van der Waals surface area contributed by atoms with Gasteiger partial charge in [0.2, 0.25) is 5.43 Å². The Morgan fingerprint density at radius 1 is 1.10 bits per heavy atom. The van der Waals surface area contributed by atoms with Gasteiger partial charge in [-0.25, -0.2) is 4.68 Å². The van der Waals surface area contributed by atoms with Crippen molar-refractivity contribution in [2.24, 2.45) is 0 Å². The van der Waals surface area contributed by atoms with Crippen LogP contribution in [0.4, 0.5) is 18.9 Å².